The van der Waals surface area contributed by atoms with Crippen molar-refractivity contribution in [2.45, 2.75) is 0 Å². The minimum atomic E-state index is -1.05. The highest BCUT2D eigenvalue weighted by Crippen LogP contribution is 2.25. The highest BCUT2D eigenvalue weighted by Gasteiger charge is 2.13. The molecule has 0 spiro atoms. The van der Waals surface area contributed by atoms with Gasteiger partial charge in [-0.05, 0) is 54.6 Å². The third kappa shape index (κ3) is 4.66. The Balaban J connectivity index is 1.90. The molecule has 0 radical (unpaired) electrons. The molecule has 0 bridgehead atoms. The van der Waals surface area contributed by atoms with Gasteiger partial charge in [-0.3, -0.25) is 4.79 Å². The molecule has 0 saturated carbocycles. The van der Waals surface area contributed by atoms with Gasteiger partial charge in [0, 0.05) is 23.3 Å². The molecule has 0 saturated heterocycles. The Labute approximate surface area is 176 Å². The molecule has 1 heterocycles. The van der Waals surface area contributed by atoms with Crippen molar-refractivity contribution in [1.82, 2.24) is 4.57 Å². The number of amides is 1. The number of carbonyl (C=O) groups is 2. The number of rotatable bonds is 5. The van der Waals surface area contributed by atoms with E-state index >= 15 is 0 Å². The van der Waals surface area contributed by atoms with Gasteiger partial charge >= 0.3 is 5.97 Å². The van der Waals surface area contributed by atoms with E-state index in [1.165, 1.54) is 30.3 Å². The normalized spacial score (nSPS) is 11.0. The molecule has 8 heteroatoms. The Bertz CT molecular complexity index is 1180. The molecule has 0 aliphatic heterocycles. The number of hydrogen-bond acceptors (Lipinski definition) is 3. The van der Waals surface area contributed by atoms with E-state index in [4.69, 9.17) is 23.2 Å². The summed E-state index contributed by atoms with van der Waals surface area (Å²) in [7, 11) is 0. The quantitative estimate of drug-likeness (QED) is 0.442. The zero-order chi connectivity index (χ0) is 21.0. The third-order valence-electron chi connectivity index (χ3n) is 3.99. The number of carboxylic acids is 1. The van der Waals surface area contributed by atoms with Crippen LogP contribution in [0.4, 0.5) is 5.69 Å². The number of carbonyl (C=O) groups excluding carboxylic acids is 1. The molecule has 0 aliphatic rings. The molecule has 1 aromatic heterocycles. The molecule has 3 aromatic rings. The number of nitriles is 1. The minimum absolute atomic E-state index is 0.129. The van der Waals surface area contributed by atoms with Crippen LogP contribution in [0.5, 0.6) is 0 Å². The van der Waals surface area contributed by atoms with E-state index in [0.717, 1.165) is 0 Å². The molecular weight excluding hydrogens is 413 g/mol. The van der Waals surface area contributed by atoms with Crippen LogP contribution in [-0.2, 0) is 4.79 Å². The summed E-state index contributed by atoms with van der Waals surface area (Å²) >= 11 is 11.8. The number of nitrogens with zero attached hydrogens (tertiary/aromatic N) is 2. The van der Waals surface area contributed by atoms with Crippen LogP contribution >= 0.6 is 23.2 Å². The van der Waals surface area contributed by atoms with Crippen LogP contribution in [0.2, 0.25) is 10.0 Å². The van der Waals surface area contributed by atoms with Gasteiger partial charge in [-0.25, -0.2) is 4.79 Å². The van der Waals surface area contributed by atoms with Crippen molar-refractivity contribution >= 4 is 46.8 Å². The monoisotopic (exact) mass is 425 g/mol. The molecule has 0 fully saturated rings. The number of carboxylic acid groups (broad SMARTS) is 1. The third-order valence-corrected chi connectivity index (χ3v) is 4.73. The summed E-state index contributed by atoms with van der Waals surface area (Å²) in [6, 6.07) is 16.2. The van der Waals surface area contributed by atoms with Crippen LogP contribution in [0.1, 0.15) is 16.1 Å². The molecule has 144 valence electrons. The fourth-order valence-electron chi connectivity index (χ4n) is 2.60. The van der Waals surface area contributed by atoms with E-state index in [9.17, 15) is 20.0 Å². The number of aromatic carboxylic acids is 1. The van der Waals surface area contributed by atoms with Gasteiger partial charge in [0.15, 0.2) is 0 Å². The maximum atomic E-state index is 12.5. The van der Waals surface area contributed by atoms with Crippen molar-refractivity contribution in [3.05, 3.63) is 87.7 Å². The Morgan fingerprint density at radius 3 is 2.55 bits per heavy atom. The Morgan fingerprint density at radius 2 is 1.86 bits per heavy atom. The van der Waals surface area contributed by atoms with Crippen molar-refractivity contribution in [2.24, 2.45) is 0 Å². The summed E-state index contributed by atoms with van der Waals surface area (Å²) in [5, 5.41) is 21.8. The molecule has 2 aromatic carbocycles. The predicted octanol–water partition coefficient (Wildman–Crippen LogP) is 5.03. The highest BCUT2D eigenvalue weighted by molar-refractivity contribution is 6.42. The first-order chi connectivity index (χ1) is 13.9. The zero-order valence-corrected chi connectivity index (χ0v) is 16.3. The zero-order valence-electron chi connectivity index (χ0n) is 14.8. The van der Waals surface area contributed by atoms with E-state index in [1.54, 1.807) is 41.1 Å². The Hall–Kier alpha value is -3.53. The smallest absolute Gasteiger partial charge is 0.335 e. The van der Waals surface area contributed by atoms with Crippen LogP contribution in [0.25, 0.3) is 11.8 Å². The largest absolute Gasteiger partial charge is 0.478 e. The van der Waals surface area contributed by atoms with Crippen LogP contribution in [0.3, 0.4) is 0 Å². The number of nitrogens with one attached hydrogen (secondary N) is 1. The second-order valence-corrected chi connectivity index (χ2v) is 6.73. The SMILES string of the molecule is N#CC(=Cc1cccn1-c1cccc(C(=O)O)c1)C(=O)Nc1ccc(Cl)c(Cl)c1. The van der Waals surface area contributed by atoms with Crippen LogP contribution in [-0.4, -0.2) is 21.6 Å². The maximum absolute atomic E-state index is 12.5. The van der Waals surface area contributed by atoms with Gasteiger partial charge in [-0.1, -0.05) is 29.3 Å². The van der Waals surface area contributed by atoms with Crippen molar-refractivity contribution in [2.75, 3.05) is 5.32 Å². The van der Waals surface area contributed by atoms with Crippen LogP contribution in [0.15, 0.2) is 66.4 Å². The van der Waals surface area contributed by atoms with Crippen molar-refractivity contribution in [1.29, 1.82) is 5.26 Å². The number of halogens is 2. The summed E-state index contributed by atoms with van der Waals surface area (Å²) in [5.74, 6) is -1.66. The number of aromatic nitrogens is 1. The fraction of sp³-hybridized carbons (Fsp3) is 0. The molecule has 6 nitrogen and oxygen atoms in total. The Kier molecular flexibility index (Phi) is 6.03. The van der Waals surface area contributed by atoms with Gasteiger partial charge in [-0.2, -0.15) is 5.26 Å². The lowest BCUT2D eigenvalue weighted by molar-refractivity contribution is -0.112. The standard InChI is InChI=1S/C21H13Cl2N3O3/c22-18-7-6-15(11-19(18)23)25-20(27)14(12-24)10-17-5-2-8-26(17)16-4-1-3-13(9-16)21(28)29/h1-11H,(H,25,27)(H,28,29). The molecule has 2 N–H and O–H groups in total. The van der Waals surface area contributed by atoms with E-state index in [0.29, 0.717) is 22.1 Å². The second kappa shape index (κ2) is 8.65. The van der Waals surface area contributed by atoms with E-state index in [-0.39, 0.29) is 16.2 Å². The average molecular weight is 426 g/mol. The number of anilines is 1. The van der Waals surface area contributed by atoms with Gasteiger partial charge in [0.05, 0.1) is 15.6 Å². The summed E-state index contributed by atoms with van der Waals surface area (Å²) in [6.45, 7) is 0. The maximum Gasteiger partial charge on any atom is 0.335 e. The van der Waals surface area contributed by atoms with Gasteiger partial charge in [0.1, 0.15) is 11.6 Å². The lowest BCUT2D eigenvalue weighted by atomic mass is 10.2. The van der Waals surface area contributed by atoms with Gasteiger partial charge < -0.3 is 15.0 Å². The molecule has 3 rings (SSSR count). The molecule has 1 amide bonds. The summed E-state index contributed by atoms with van der Waals surface area (Å²) < 4.78 is 1.68. The minimum Gasteiger partial charge on any atom is -0.478 e. The summed E-state index contributed by atoms with van der Waals surface area (Å²) in [6.07, 6.45) is 3.12. The number of benzene rings is 2. The van der Waals surface area contributed by atoms with E-state index in [2.05, 4.69) is 5.32 Å². The first kappa shape index (κ1) is 20.2. The first-order valence-electron chi connectivity index (χ1n) is 8.28. The van der Waals surface area contributed by atoms with Crippen LogP contribution in [0, 0.1) is 11.3 Å². The topological polar surface area (TPSA) is 95.1 Å². The fourth-order valence-corrected chi connectivity index (χ4v) is 2.90. The number of hydrogen-bond donors (Lipinski definition) is 2. The summed E-state index contributed by atoms with van der Waals surface area (Å²) in [4.78, 5) is 23.7. The van der Waals surface area contributed by atoms with Gasteiger partial charge in [0.2, 0.25) is 0 Å². The van der Waals surface area contributed by atoms with Crippen molar-refractivity contribution in [3.8, 4) is 11.8 Å². The first-order valence-corrected chi connectivity index (χ1v) is 9.04. The molecule has 0 unspecified atom stereocenters. The average Bonchev–Trinajstić information content (AvgIpc) is 3.17. The predicted molar refractivity (Wildman–Crippen MR) is 111 cm³/mol. The second-order valence-electron chi connectivity index (χ2n) is 5.91. The van der Waals surface area contributed by atoms with E-state index in [1.807, 2.05) is 6.07 Å². The van der Waals surface area contributed by atoms with Gasteiger partial charge in [-0.15, -0.1) is 0 Å². The van der Waals surface area contributed by atoms with Gasteiger partial charge in [0.25, 0.3) is 5.91 Å². The summed E-state index contributed by atoms with van der Waals surface area (Å²) in [5.41, 5.74) is 1.52. The molecule has 29 heavy (non-hydrogen) atoms. The highest BCUT2D eigenvalue weighted by atomic mass is 35.5. The Morgan fingerprint density at radius 1 is 1.07 bits per heavy atom. The molecule has 0 aliphatic carbocycles. The van der Waals surface area contributed by atoms with Crippen molar-refractivity contribution in [3.63, 3.8) is 0 Å². The lowest BCUT2D eigenvalue weighted by Crippen LogP contribution is -2.13. The van der Waals surface area contributed by atoms with E-state index < -0.39 is 11.9 Å². The van der Waals surface area contributed by atoms with Crippen molar-refractivity contribution < 1.29 is 14.7 Å². The van der Waals surface area contributed by atoms with Crippen LogP contribution < -0.4 is 5.32 Å². The molecular formula is C21H13Cl2N3O3. The lowest BCUT2D eigenvalue weighted by Gasteiger charge is -2.09. The molecule has 0 atom stereocenters.